The molecule has 5 heterocycles. The molecule has 2 aromatic heterocycles. The standard InChI is InChI=1S/C21H24N4O3/c1-12-7-17-18(11-23-21(17)26)24-20(12)25-13-3-4-14(25)9-16(8-13)28-15-5-6-19(27-2)22-10-15/h5-7,10,13-14,16H,3-4,8-9,11H2,1-2H3,(H,23,26). The lowest BCUT2D eigenvalue weighted by atomic mass is 9.98. The fourth-order valence-electron chi connectivity index (χ4n) is 4.81. The van der Waals surface area contributed by atoms with E-state index in [1.807, 2.05) is 18.2 Å². The van der Waals surface area contributed by atoms with Crippen molar-refractivity contribution in [2.24, 2.45) is 0 Å². The molecule has 3 aliphatic heterocycles. The van der Waals surface area contributed by atoms with Crippen LogP contribution in [-0.2, 0) is 6.54 Å². The van der Waals surface area contributed by atoms with Gasteiger partial charge in [0.05, 0.1) is 31.1 Å². The van der Waals surface area contributed by atoms with E-state index >= 15 is 0 Å². The van der Waals surface area contributed by atoms with Crippen molar-refractivity contribution in [2.45, 2.75) is 57.3 Å². The summed E-state index contributed by atoms with van der Waals surface area (Å²) in [7, 11) is 1.61. The van der Waals surface area contributed by atoms with Crippen LogP contribution in [0.5, 0.6) is 11.6 Å². The number of methoxy groups -OCH3 is 1. The van der Waals surface area contributed by atoms with Crippen LogP contribution in [0, 0.1) is 6.92 Å². The number of hydrogen-bond donors (Lipinski definition) is 1. The van der Waals surface area contributed by atoms with Gasteiger partial charge in [-0.05, 0) is 37.5 Å². The highest BCUT2D eigenvalue weighted by Gasteiger charge is 2.43. The molecule has 0 aromatic carbocycles. The van der Waals surface area contributed by atoms with Crippen LogP contribution in [-0.4, -0.2) is 41.2 Å². The number of aryl methyl sites for hydroxylation is 1. The first-order valence-corrected chi connectivity index (χ1v) is 9.86. The highest BCUT2D eigenvalue weighted by Crippen LogP contribution is 2.41. The maximum Gasteiger partial charge on any atom is 0.253 e. The molecule has 2 unspecified atom stereocenters. The number of carbonyl (C=O) groups is 1. The Kier molecular flexibility index (Phi) is 4.10. The summed E-state index contributed by atoms with van der Waals surface area (Å²) < 4.78 is 11.3. The Bertz CT molecular complexity index is 901. The number of rotatable bonds is 4. The first kappa shape index (κ1) is 17.3. The van der Waals surface area contributed by atoms with Crippen molar-refractivity contribution in [3.63, 3.8) is 0 Å². The summed E-state index contributed by atoms with van der Waals surface area (Å²) in [6.07, 6.45) is 6.16. The molecule has 2 atom stereocenters. The van der Waals surface area contributed by atoms with E-state index in [0.29, 0.717) is 24.5 Å². The van der Waals surface area contributed by atoms with Crippen LogP contribution < -0.4 is 19.7 Å². The average Bonchev–Trinajstić information content (AvgIpc) is 3.18. The summed E-state index contributed by atoms with van der Waals surface area (Å²) in [6.45, 7) is 2.58. The molecular weight excluding hydrogens is 356 g/mol. The quantitative estimate of drug-likeness (QED) is 0.879. The van der Waals surface area contributed by atoms with Crippen LogP contribution >= 0.6 is 0 Å². The van der Waals surface area contributed by atoms with Crippen molar-refractivity contribution < 1.29 is 14.3 Å². The SMILES string of the molecule is COc1ccc(OC2CC3CCC(C2)N3c2nc3c(cc2C)C(=O)NC3)cn1. The summed E-state index contributed by atoms with van der Waals surface area (Å²) >= 11 is 0. The Labute approximate surface area is 164 Å². The van der Waals surface area contributed by atoms with Gasteiger partial charge in [0.1, 0.15) is 17.7 Å². The first-order chi connectivity index (χ1) is 13.6. The minimum atomic E-state index is -0.0136. The van der Waals surface area contributed by atoms with Crippen LogP contribution in [0.3, 0.4) is 0 Å². The predicted octanol–water partition coefficient (Wildman–Crippen LogP) is 2.62. The first-order valence-electron chi connectivity index (χ1n) is 9.86. The molecule has 0 saturated carbocycles. The van der Waals surface area contributed by atoms with Crippen molar-refractivity contribution in [2.75, 3.05) is 12.0 Å². The molecule has 1 N–H and O–H groups in total. The maximum absolute atomic E-state index is 11.9. The molecule has 146 valence electrons. The molecule has 5 rings (SSSR count). The number of hydrogen-bond acceptors (Lipinski definition) is 6. The van der Waals surface area contributed by atoms with Crippen LogP contribution in [0.15, 0.2) is 24.4 Å². The van der Waals surface area contributed by atoms with Gasteiger partial charge in [-0.25, -0.2) is 9.97 Å². The van der Waals surface area contributed by atoms with E-state index < -0.39 is 0 Å². The fourth-order valence-corrected chi connectivity index (χ4v) is 4.81. The smallest absolute Gasteiger partial charge is 0.253 e. The Morgan fingerprint density at radius 3 is 2.68 bits per heavy atom. The van der Waals surface area contributed by atoms with Crippen molar-refractivity contribution >= 4 is 11.7 Å². The Hall–Kier alpha value is -2.83. The average molecular weight is 380 g/mol. The second-order valence-corrected chi connectivity index (χ2v) is 7.85. The van der Waals surface area contributed by atoms with E-state index in [0.717, 1.165) is 54.1 Å². The highest BCUT2D eigenvalue weighted by molar-refractivity contribution is 5.98. The lowest BCUT2D eigenvalue weighted by Crippen LogP contribution is -2.47. The molecule has 2 saturated heterocycles. The van der Waals surface area contributed by atoms with E-state index in [1.54, 1.807) is 13.3 Å². The number of nitrogens with zero attached hydrogens (tertiary/aromatic N) is 3. The minimum absolute atomic E-state index is 0.0136. The van der Waals surface area contributed by atoms with Gasteiger partial charge >= 0.3 is 0 Å². The molecule has 0 aliphatic carbocycles. The number of aromatic nitrogens is 2. The predicted molar refractivity (Wildman–Crippen MR) is 104 cm³/mol. The number of piperidine rings is 1. The molecular formula is C21H24N4O3. The highest BCUT2D eigenvalue weighted by atomic mass is 16.5. The van der Waals surface area contributed by atoms with Gasteiger partial charge in [0.2, 0.25) is 5.88 Å². The second-order valence-electron chi connectivity index (χ2n) is 7.85. The molecule has 2 bridgehead atoms. The number of ether oxygens (including phenoxy) is 2. The van der Waals surface area contributed by atoms with E-state index in [4.69, 9.17) is 14.5 Å². The molecule has 2 fully saturated rings. The summed E-state index contributed by atoms with van der Waals surface area (Å²) in [5.41, 5.74) is 2.66. The molecule has 1 amide bonds. The van der Waals surface area contributed by atoms with Crippen molar-refractivity contribution in [1.82, 2.24) is 15.3 Å². The summed E-state index contributed by atoms with van der Waals surface area (Å²) in [5, 5.41) is 2.87. The zero-order chi connectivity index (χ0) is 19.3. The van der Waals surface area contributed by atoms with E-state index in [9.17, 15) is 4.79 Å². The largest absolute Gasteiger partial charge is 0.489 e. The monoisotopic (exact) mass is 380 g/mol. The maximum atomic E-state index is 11.9. The molecule has 0 spiro atoms. The number of anilines is 1. The third-order valence-electron chi connectivity index (χ3n) is 6.08. The summed E-state index contributed by atoms with van der Waals surface area (Å²) in [6, 6.07) is 6.57. The third kappa shape index (κ3) is 2.85. The van der Waals surface area contributed by atoms with Crippen LogP contribution in [0.1, 0.15) is 47.3 Å². The van der Waals surface area contributed by atoms with Crippen molar-refractivity contribution in [3.05, 3.63) is 41.2 Å². The number of amides is 1. The zero-order valence-corrected chi connectivity index (χ0v) is 16.1. The Balaban J connectivity index is 1.34. The molecule has 0 radical (unpaired) electrons. The van der Waals surface area contributed by atoms with Gasteiger partial charge in [-0.1, -0.05) is 0 Å². The topological polar surface area (TPSA) is 76.6 Å². The number of pyridine rings is 2. The number of nitrogens with one attached hydrogen (secondary N) is 1. The Morgan fingerprint density at radius 2 is 2.00 bits per heavy atom. The molecule has 3 aliphatic rings. The van der Waals surface area contributed by atoms with Gasteiger partial charge in [-0.3, -0.25) is 4.79 Å². The zero-order valence-electron chi connectivity index (χ0n) is 16.1. The minimum Gasteiger partial charge on any atom is -0.489 e. The van der Waals surface area contributed by atoms with Gasteiger partial charge in [0.15, 0.2) is 0 Å². The summed E-state index contributed by atoms with van der Waals surface area (Å²) in [5.74, 6) is 2.40. The molecule has 7 heteroatoms. The lowest BCUT2D eigenvalue weighted by Gasteiger charge is -2.40. The van der Waals surface area contributed by atoms with Gasteiger partial charge < -0.3 is 19.7 Å². The van der Waals surface area contributed by atoms with Gasteiger partial charge in [-0.15, -0.1) is 0 Å². The van der Waals surface area contributed by atoms with Crippen molar-refractivity contribution in [3.8, 4) is 11.6 Å². The second kappa shape index (κ2) is 6.65. The van der Waals surface area contributed by atoms with E-state index in [-0.39, 0.29) is 12.0 Å². The normalized spacial score (nSPS) is 25.4. The van der Waals surface area contributed by atoms with Crippen LogP contribution in [0.4, 0.5) is 5.82 Å². The van der Waals surface area contributed by atoms with Gasteiger partial charge in [-0.2, -0.15) is 0 Å². The Morgan fingerprint density at radius 1 is 1.21 bits per heavy atom. The van der Waals surface area contributed by atoms with E-state index in [2.05, 4.69) is 22.1 Å². The third-order valence-corrected chi connectivity index (χ3v) is 6.08. The molecule has 2 aromatic rings. The number of carbonyl (C=O) groups excluding carboxylic acids is 1. The van der Waals surface area contributed by atoms with Crippen molar-refractivity contribution in [1.29, 1.82) is 0 Å². The van der Waals surface area contributed by atoms with Crippen LogP contribution in [0.25, 0.3) is 0 Å². The fraction of sp³-hybridized carbons (Fsp3) is 0.476. The molecule has 28 heavy (non-hydrogen) atoms. The number of fused-ring (bicyclic) bond motifs is 3. The van der Waals surface area contributed by atoms with E-state index in [1.165, 1.54) is 0 Å². The van der Waals surface area contributed by atoms with Gasteiger partial charge in [0.25, 0.3) is 5.91 Å². The summed E-state index contributed by atoms with van der Waals surface area (Å²) in [4.78, 5) is 23.5. The van der Waals surface area contributed by atoms with Gasteiger partial charge in [0, 0.05) is 31.0 Å². The lowest BCUT2D eigenvalue weighted by molar-refractivity contribution is 0.0965. The van der Waals surface area contributed by atoms with Crippen LogP contribution in [0.2, 0.25) is 0 Å². The molecule has 7 nitrogen and oxygen atoms in total.